The summed E-state index contributed by atoms with van der Waals surface area (Å²) in [6.07, 6.45) is 1.42. The first-order chi connectivity index (χ1) is 5.31. The Labute approximate surface area is 77.7 Å². The Bertz CT molecular complexity index is 258. The average molecular weight is 214 g/mol. The molecule has 0 aliphatic carbocycles. The molecule has 0 bridgehead atoms. The number of hydrogen-bond acceptors (Lipinski definition) is 4. The largest absolute Gasteiger partial charge is 0.325 e. The zero-order valence-corrected chi connectivity index (χ0v) is 8.82. The minimum Gasteiger partial charge on any atom is -0.268 e. The van der Waals surface area contributed by atoms with E-state index in [4.69, 9.17) is 11.6 Å². The Morgan fingerprint density at radius 1 is 1.58 bits per heavy atom. The fraction of sp³-hybridized carbons (Fsp3) is 0.833. The summed E-state index contributed by atoms with van der Waals surface area (Å²) in [5.41, 5.74) is 0. The van der Waals surface area contributed by atoms with Crippen molar-refractivity contribution >= 4 is 26.9 Å². The van der Waals surface area contributed by atoms with Crippen LogP contribution < -0.4 is 0 Å². The summed E-state index contributed by atoms with van der Waals surface area (Å²) in [7, 11) is -3.53. The second-order valence-corrected chi connectivity index (χ2v) is 4.84. The maximum Gasteiger partial charge on any atom is 0.325 e. The van der Waals surface area contributed by atoms with Gasteiger partial charge in [-0.25, -0.2) is 0 Å². The van der Waals surface area contributed by atoms with Gasteiger partial charge >= 0.3 is 10.1 Å². The molecule has 0 saturated carbocycles. The van der Waals surface area contributed by atoms with Crippen LogP contribution in [0, 0.1) is 5.92 Å². The second-order valence-electron chi connectivity index (χ2n) is 2.84. The van der Waals surface area contributed by atoms with E-state index in [1.165, 1.54) is 0 Å². The van der Waals surface area contributed by atoms with Gasteiger partial charge in [0.05, 0.1) is 6.26 Å². The van der Waals surface area contributed by atoms with Gasteiger partial charge in [0.1, 0.15) is 5.17 Å². The molecule has 0 aromatic heterocycles. The number of nitrogens with zero attached hydrogens (tertiary/aromatic N) is 1. The highest BCUT2D eigenvalue weighted by Gasteiger charge is 2.03. The second kappa shape index (κ2) is 4.67. The van der Waals surface area contributed by atoms with Crippen LogP contribution in [0.1, 0.15) is 20.3 Å². The maximum atomic E-state index is 10.4. The predicted octanol–water partition coefficient (Wildman–Crippen LogP) is 1.56. The summed E-state index contributed by atoms with van der Waals surface area (Å²) in [6, 6.07) is 0. The quantitative estimate of drug-likeness (QED) is 0.526. The van der Waals surface area contributed by atoms with E-state index in [1.807, 2.05) is 13.8 Å². The topological polar surface area (TPSA) is 55.7 Å². The van der Waals surface area contributed by atoms with Gasteiger partial charge in [0.2, 0.25) is 0 Å². The van der Waals surface area contributed by atoms with Crippen molar-refractivity contribution in [3.8, 4) is 0 Å². The minimum atomic E-state index is -3.53. The molecular weight excluding hydrogens is 202 g/mol. The first-order valence-corrected chi connectivity index (χ1v) is 5.61. The van der Waals surface area contributed by atoms with Gasteiger partial charge in [-0.3, -0.25) is 4.28 Å². The summed E-state index contributed by atoms with van der Waals surface area (Å²) in [5.74, 6) is 0.324. The molecule has 0 amide bonds. The molecule has 0 aliphatic heterocycles. The Morgan fingerprint density at radius 3 is 2.42 bits per heavy atom. The number of rotatable bonds is 4. The third-order valence-corrected chi connectivity index (χ3v) is 1.42. The monoisotopic (exact) mass is 213 g/mol. The molecule has 0 N–H and O–H groups in total. The summed E-state index contributed by atoms with van der Waals surface area (Å²) in [6.45, 7) is 3.89. The maximum absolute atomic E-state index is 10.4. The van der Waals surface area contributed by atoms with Crippen molar-refractivity contribution in [3.63, 3.8) is 0 Å². The summed E-state index contributed by atoms with van der Waals surface area (Å²) < 4.78 is 25.0. The van der Waals surface area contributed by atoms with Crippen molar-refractivity contribution in [1.82, 2.24) is 0 Å². The van der Waals surface area contributed by atoms with Crippen LogP contribution in [-0.2, 0) is 14.4 Å². The molecule has 0 fully saturated rings. The van der Waals surface area contributed by atoms with Crippen molar-refractivity contribution in [1.29, 1.82) is 0 Å². The van der Waals surface area contributed by atoms with Crippen LogP contribution >= 0.6 is 11.6 Å². The van der Waals surface area contributed by atoms with Gasteiger partial charge in [0.25, 0.3) is 0 Å². The van der Waals surface area contributed by atoms with E-state index < -0.39 is 10.1 Å². The molecule has 6 heteroatoms. The van der Waals surface area contributed by atoms with Crippen LogP contribution in [0.4, 0.5) is 0 Å². The lowest BCUT2D eigenvalue weighted by atomic mass is 10.1. The van der Waals surface area contributed by atoms with Crippen molar-refractivity contribution in [3.05, 3.63) is 0 Å². The molecule has 0 unspecified atom stereocenters. The van der Waals surface area contributed by atoms with Gasteiger partial charge < -0.3 is 0 Å². The molecule has 0 radical (unpaired) electrons. The highest BCUT2D eigenvalue weighted by atomic mass is 35.5. The normalized spacial score (nSPS) is 13.6. The average Bonchev–Trinajstić information content (AvgIpc) is 1.80. The van der Waals surface area contributed by atoms with Crippen LogP contribution in [-0.4, -0.2) is 19.8 Å². The third kappa shape index (κ3) is 7.81. The standard InChI is InChI=1S/C6H12ClNO3S/c1-5(2)4-6(7)8-11-12(3,9)10/h5H,4H2,1-3H3/b8-6+. The van der Waals surface area contributed by atoms with Gasteiger partial charge in [0.15, 0.2) is 0 Å². The molecule has 0 heterocycles. The molecule has 0 aromatic rings. The third-order valence-electron chi connectivity index (χ3n) is 0.848. The van der Waals surface area contributed by atoms with E-state index >= 15 is 0 Å². The zero-order chi connectivity index (χ0) is 9.78. The zero-order valence-electron chi connectivity index (χ0n) is 7.24. The van der Waals surface area contributed by atoms with E-state index in [9.17, 15) is 8.42 Å². The predicted molar refractivity (Wildman–Crippen MR) is 48.7 cm³/mol. The lowest BCUT2D eigenvalue weighted by Crippen LogP contribution is -2.01. The lowest BCUT2D eigenvalue weighted by Gasteiger charge is -2.00. The summed E-state index contributed by atoms with van der Waals surface area (Å²) in [5, 5.41) is 3.39. The molecule has 0 rings (SSSR count). The van der Waals surface area contributed by atoms with Crippen LogP contribution in [0.2, 0.25) is 0 Å². The van der Waals surface area contributed by atoms with Crippen LogP contribution in [0.3, 0.4) is 0 Å². The molecule has 0 aliphatic rings. The van der Waals surface area contributed by atoms with E-state index in [1.54, 1.807) is 0 Å². The number of oxime groups is 1. The lowest BCUT2D eigenvalue weighted by molar-refractivity contribution is 0.342. The first-order valence-electron chi connectivity index (χ1n) is 3.42. The Kier molecular flexibility index (Phi) is 4.55. The molecular formula is C6H12ClNO3S. The van der Waals surface area contributed by atoms with Gasteiger partial charge in [0, 0.05) is 6.42 Å². The van der Waals surface area contributed by atoms with Gasteiger partial charge in [-0.1, -0.05) is 30.6 Å². The van der Waals surface area contributed by atoms with Crippen LogP contribution in [0.25, 0.3) is 0 Å². The van der Waals surface area contributed by atoms with E-state index in [2.05, 4.69) is 9.44 Å². The summed E-state index contributed by atoms with van der Waals surface area (Å²) >= 11 is 5.54. The minimum absolute atomic E-state index is 0.162. The highest BCUT2D eigenvalue weighted by Crippen LogP contribution is 2.05. The van der Waals surface area contributed by atoms with Crippen molar-refractivity contribution < 1.29 is 12.7 Å². The Morgan fingerprint density at radius 2 is 2.08 bits per heavy atom. The van der Waals surface area contributed by atoms with Gasteiger partial charge in [-0.15, -0.1) is 0 Å². The van der Waals surface area contributed by atoms with Crippen LogP contribution in [0.5, 0.6) is 0 Å². The SMILES string of the molecule is CC(C)C/C(Cl)=N\OS(C)(=O)=O. The molecule has 72 valence electrons. The van der Waals surface area contributed by atoms with Gasteiger partial charge in [-0.05, 0) is 5.92 Å². The smallest absolute Gasteiger partial charge is 0.268 e. The molecule has 0 saturated heterocycles. The Hall–Kier alpha value is -0.290. The fourth-order valence-corrected chi connectivity index (χ4v) is 1.09. The van der Waals surface area contributed by atoms with Crippen molar-refractivity contribution in [2.45, 2.75) is 20.3 Å². The van der Waals surface area contributed by atoms with Gasteiger partial charge in [-0.2, -0.15) is 8.42 Å². The van der Waals surface area contributed by atoms with Crippen molar-refractivity contribution in [2.24, 2.45) is 11.1 Å². The van der Waals surface area contributed by atoms with E-state index in [0.29, 0.717) is 12.3 Å². The Balaban J connectivity index is 4.02. The van der Waals surface area contributed by atoms with Crippen LogP contribution in [0.15, 0.2) is 5.16 Å². The van der Waals surface area contributed by atoms with Crippen molar-refractivity contribution in [2.75, 3.05) is 6.26 Å². The highest BCUT2D eigenvalue weighted by molar-refractivity contribution is 7.85. The molecule has 0 atom stereocenters. The molecule has 4 nitrogen and oxygen atoms in total. The van der Waals surface area contributed by atoms with E-state index in [0.717, 1.165) is 6.26 Å². The number of hydrogen-bond donors (Lipinski definition) is 0. The molecule has 0 spiro atoms. The molecule has 0 aromatic carbocycles. The fourth-order valence-electron chi connectivity index (χ4n) is 0.482. The number of halogens is 1. The molecule has 12 heavy (non-hydrogen) atoms. The first kappa shape index (κ1) is 11.7. The van der Waals surface area contributed by atoms with E-state index in [-0.39, 0.29) is 5.17 Å². The summed E-state index contributed by atoms with van der Waals surface area (Å²) in [4.78, 5) is 0.